The van der Waals surface area contributed by atoms with Crippen LogP contribution in [0.25, 0.3) is 5.69 Å². The Hall–Kier alpha value is -3.52. The minimum atomic E-state index is -1.82. The van der Waals surface area contributed by atoms with Crippen LogP contribution in [0.15, 0.2) is 54.6 Å². The lowest BCUT2D eigenvalue weighted by Crippen LogP contribution is -2.13. The maximum absolute atomic E-state index is 13.1. The second-order valence-electron chi connectivity index (χ2n) is 6.24. The molecule has 3 N–H and O–H groups in total. The van der Waals surface area contributed by atoms with Gasteiger partial charge in [-0.05, 0) is 43.7 Å². The molecule has 0 aliphatic rings. The highest BCUT2D eigenvalue weighted by molar-refractivity contribution is 6.27. The lowest BCUT2D eigenvalue weighted by Gasteiger charge is -2.07. The average Bonchev–Trinajstić information content (AvgIpc) is 2.98. The Bertz CT molecular complexity index is 958. The van der Waals surface area contributed by atoms with Crippen molar-refractivity contribution < 1.29 is 24.2 Å². The van der Waals surface area contributed by atoms with Gasteiger partial charge in [0.15, 0.2) is 0 Å². The fourth-order valence-corrected chi connectivity index (χ4v) is 2.69. The van der Waals surface area contributed by atoms with E-state index in [2.05, 4.69) is 22.5 Å². The van der Waals surface area contributed by atoms with Crippen LogP contribution in [0.4, 0.5) is 4.39 Å². The van der Waals surface area contributed by atoms with Gasteiger partial charge in [-0.25, -0.2) is 18.7 Å². The fraction of sp³-hybridized carbons (Fsp3) is 0.190. The van der Waals surface area contributed by atoms with Crippen LogP contribution in [-0.2, 0) is 22.7 Å². The number of hydrogen-bond acceptors (Lipinski definition) is 4. The summed E-state index contributed by atoms with van der Waals surface area (Å²) >= 11 is 0. The number of carboxylic acids is 2. The maximum Gasteiger partial charge on any atom is 0.414 e. The lowest BCUT2D eigenvalue weighted by molar-refractivity contribution is -0.159. The number of aryl methyl sites for hydroxylation is 1. The molecule has 0 aliphatic heterocycles. The predicted octanol–water partition coefficient (Wildman–Crippen LogP) is 3.07. The Kier molecular flexibility index (Phi) is 7.62. The number of nitrogens with zero attached hydrogens (tertiary/aromatic N) is 2. The number of nitrogens with one attached hydrogen (secondary N) is 1. The number of hydrogen-bond donors (Lipinski definition) is 3. The van der Waals surface area contributed by atoms with Crippen LogP contribution in [-0.4, -0.2) is 31.9 Å². The van der Waals surface area contributed by atoms with Gasteiger partial charge in [-0.2, -0.15) is 5.10 Å². The molecule has 1 heterocycles. The molecule has 0 saturated carbocycles. The molecule has 0 spiro atoms. The number of halogens is 1. The molecule has 152 valence electrons. The van der Waals surface area contributed by atoms with E-state index >= 15 is 0 Å². The van der Waals surface area contributed by atoms with E-state index in [1.807, 2.05) is 36.7 Å². The number of rotatable bonds is 5. The summed E-state index contributed by atoms with van der Waals surface area (Å²) in [5.41, 5.74) is 5.39. The molecule has 0 amide bonds. The van der Waals surface area contributed by atoms with Crippen molar-refractivity contribution in [3.8, 4) is 5.69 Å². The topological polar surface area (TPSA) is 104 Å². The summed E-state index contributed by atoms with van der Waals surface area (Å²) in [6.07, 6.45) is 0. The first-order valence-corrected chi connectivity index (χ1v) is 8.81. The van der Waals surface area contributed by atoms with Crippen molar-refractivity contribution in [1.29, 1.82) is 0 Å². The first kappa shape index (κ1) is 21.8. The van der Waals surface area contributed by atoms with Gasteiger partial charge >= 0.3 is 11.9 Å². The summed E-state index contributed by atoms with van der Waals surface area (Å²) in [5.74, 6) is -3.88. The van der Waals surface area contributed by atoms with Gasteiger partial charge in [-0.1, -0.05) is 30.3 Å². The molecule has 8 heteroatoms. The molecule has 3 aromatic rings. The first-order valence-electron chi connectivity index (χ1n) is 8.81. The lowest BCUT2D eigenvalue weighted by atomic mass is 10.2. The highest BCUT2D eigenvalue weighted by Crippen LogP contribution is 2.18. The second kappa shape index (κ2) is 10.1. The fourth-order valence-electron chi connectivity index (χ4n) is 2.69. The summed E-state index contributed by atoms with van der Waals surface area (Å²) in [6, 6.07) is 16.7. The zero-order valence-electron chi connectivity index (χ0n) is 16.1. The van der Waals surface area contributed by atoms with Crippen molar-refractivity contribution in [1.82, 2.24) is 15.1 Å². The van der Waals surface area contributed by atoms with Crippen molar-refractivity contribution in [2.45, 2.75) is 26.9 Å². The minimum Gasteiger partial charge on any atom is -0.473 e. The molecule has 0 unspecified atom stereocenters. The maximum atomic E-state index is 13.1. The van der Waals surface area contributed by atoms with Gasteiger partial charge in [-0.3, -0.25) is 0 Å². The Labute approximate surface area is 167 Å². The standard InChI is InChI=1S/C19H20FN3.C2H2O4/c1-14-19(13-21-12-16-6-4-3-5-7-16)15(2)23(22-14)18-10-8-17(20)9-11-18;3-1(4)2(5)6/h3-11,21H,12-13H2,1-2H3;(H,3,4)(H,5,6). The van der Waals surface area contributed by atoms with E-state index in [-0.39, 0.29) is 5.82 Å². The van der Waals surface area contributed by atoms with Crippen molar-refractivity contribution in [3.63, 3.8) is 0 Å². The Morgan fingerprint density at radius 2 is 1.55 bits per heavy atom. The SMILES string of the molecule is Cc1nn(-c2ccc(F)cc2)c(C)c1CNCc1ccccc1.O=C(O)C(=O)O. The van der Waals surface area contributed by atoms with Crippen LogP contribution in [0.3, 0.4) is 0 Å². The Morgan fingerprint density at radius 1 is 0.966 bits per heavy atom. The Morgan fingerprint density at radius 3 is 2.10 bits per heavy atom. The molecule has 0 fully saturated rings. The van der Waals surface area contributed by atoms with Gasteiger partial charge in [-0.15, -0.1) is 0 Å². The summed E-state index contributed by atoms with van der Waals surface area (Å²) in [6.45, 7) is 5.63. The molecular formula is C21H22FN3O4. The van der Waals surface area contributed by atoms with Gasteiger partial charge in [0.05, 0.1) is 11.4 Å². The monoisotopic (exact) mass is 399 g/mol. The molecule has 0 radical (unpaired) electrons. The number of benzene rings is 2. The van der Waals surface area contributed by atoms with E-state index in [1.54, 1.807) is 12.1 Å². The summed E-state index contributed by atoms with van der Waals surface area (Å²) in [4.78, 5) is 18.2. The molecule has 1 aromatic heterocycles. The Balaban J connectivity index is 0.000000438. The van der Waals surface area contributed by atoms with Crippen molar-refractivity contribution in [2.75, 3.05) is 0 Å². The summed E-state index contributed by atoms with van der Waals surface area (Å²) in [5, 5.41) is 22.8. The van der Waals surface area contributed by atoms with E-state index in [0.29, 0.717) is 0 Å². The van der Waals surface area contributed by atoms with Gasteiger partial charge in [0.1, 0.15) is 5.82 Å². The van der Waals surface area contributed by atoms with Crippen LogP contribution in [0.5, 0.6) is 0 Å². The zero-order chi connectivity index (χ0) is 21.4. The molecule has 3 rings (SSSR count). The van der Waals surface area contributed by atoms with Crippen LogP contribution in [0, 0.1) is 19.7 Å². The minimum absolute atomic E-state index is 0.236. The third-order valence-corrected chi connectivity index (χ3v) is 4.17. The molecule has 0 bridgehead atoms. The third-order valence-electron chi connectivity index (χ3n) is 4.17. The quantitative estimate of drug-likeness (QED) is 0.570. The van der Waals surface area contributed by atoms with E-state index < -0.39 is 11.9 Å². The highest BCUT2D eigenvalue weighted by atomic mass is 19.1. The molecule has 0 atom stereocenters. The van der Waals surface area contributed by atoms with Crippen molar-refractivity contribution >= 4 is 11.9 Å². The normalized spacial score (nSPS) is 10.2. The van der Waals surface area contributed by atoms with E-state index in [4.69, 9.17) is 19.8 Å². The van der Waals surface area contributed by atoms with Gasteiger partial charge in [0, 0.05) is 24.3 Å². The predicted molar refractivity (Wildman–Crippen MR) is 105 cm³/mol. The molecule has 7 nitrogen and oxygen atoms in total. The molecule has 29 heavy (non-hydrogen) atoms. The van der Waals surface area contributed by atoms with Crippen LogP contribution in [0.2, 0.25) is 0 Å². The number of aromatic nitrogens is 2. The molecular weight excluding hydrogens is 377 g/mol. The smallest absolute Gasteiger partial charge is 0.414 e. The van der Waals surface area contributed by atoms with Crippen LogP contribution < -0.4 is 5.32 Å². The van der Waals surface area contributed by atoms with Crippen LogP contribution >= 0.6 is 0 Å². The summed E-state index contributed by atoms with van der Waals surface area (Å²) < 4.78 is 14.9. The zero-order valence-corrected chi connectivity index (χ0v) is 16.1. The summed E-state index contributed by atoms with van der Waals surface area (Å²) in [7, 11) is 0. The third kappa shape index (κ3) is 6.25. The average molecular weight is 399 g/mol. The molecule has 0 saturated heterocycles. The van der Waals surface area contributed by atoms with Gasteiger partial charge in [0.25, 0.3) is 0 Å². The second-order valence-corrected chi connectivity index (χ2v) is 6.24. The largest absolute Gasteiger partial charge is 0.473 e. The first-order chi connectivity index (χ1) is 13.8. The highest BCUT2D eigenvalue weighted by Gasteiger charge is 2.12. The van der Waals surface area contributed by atoms with Crippen molar-refractivity contribution in [3.05, 3.63) is 82.9 Å². The van der Waals surface area contributed by atoms with E-state index in [1.165, 1.54) is 23.3 Å². The van der Waals surface area contributed by atoms with Crippen molar-refractivity contribution in [2.24, 2.45) is 0 Å². The number of carboxylic acid groups (broad SMARTS) is 2. The molecule has 0 aliphatic carbocycles. The van der Waals surface area contributed by atoms with Crippen LogP contribution in [0.1, 0.15) is 22.5 Å². The molecule has 2 aromatic carbocycles. The van der Waals surface area contributed by atoms with Gasteiger partial charge < -0.3 is 15.5 Å². The number of aliphatic carboxylic acids is 2. The van der Waals surface area contributed by atoms with E-state index in [9.17, 15) is 4.39 Å². The van der Waals surface area contributed by atoms with E-state index in [0.717, 1.165) is 30.2 Å². The van der Waals surface area contributed by atoms with Gasteiger partial charge in [0.2, 0.25) is 0 Å². The number of carbonyl (C=O) groups is 2.